The lowest BCUT2D eigenvalue weighted by atomic mass is 10.0. The lowest BCUT2D eigenvalue weighted by Gasteiger charge is -2.33. The number of benzene rings is 1. The Morgan fingerprint density at radius 2 is 2.18 bits per heavy atom. The molecule has 22 heavy (non-hydrogen) atoms. The highest BCUT2D eigenvalue weighted by Crippen LogP contribution is 2.33. The zero-order valence-electron chi connectivity index (χ0n) is 12.3. The van der Waals surface area contributed by atoms with Crippen LogP contribution in [0.3, 0.4) is 0 Å². The maximum atomic E-state index is 9.18. The van der Waals surface area contributed by atoms with E-state index in [-0.39, 0.29) is 0 Å². The maximum Gasteiger partial charge on any atom is 0.162 e. The molecule has 0 spiro atoms. The highest BCUT2D eigenvalue weighted by Gasteiger charge is 2.24. The molecule has 0 atom stereocenters. The molecule has 0 aliphatic carbocycles. The number of aromatic nitrogens is 1. The summed E-state index contributed by atoms with van der Waals surface area (Å²) >= 11 is 7.27. The fourth-order valence-electron chi connectivity index (χ4n) is 2.77. The van der Waals surface area contributed by atoms with Crippen molar-refractivity contribution in [3.05, 3.63) is 40.5 Å². The zero-order chi connectivity index (χ0) is 15.5. The van der Waals surface area contributed by atoms with Gasteiger partial charge in [-0.05, 0) is 49.0 Å². The Kier molecular flexibility index (Phi) is 4.51. The summed E-state index contributed by atoms with van der Waals surface area (Å²) in [7, 11) is 0. The summed E-state index contributed by atoms with van der Waals surface area (Å²) in [5, 5.41) is 14.0. The molecule has 114 valence electrons. The quantitative estimate of drug-likeness (QED) is 0.921. The molecular weight excluding hydrogens is 316 g/mol. The fraction of sp³-hybridized carbons (Fsp3) is 0.375. The van der Waals surface area contributed by atoms with Gasteiger partial charge in [0.15, 0.2) is 5.15 Å². The van der Waals surface area contributed by atoms with E-state index in [0.717, 1.165) is 30.9 Å². The van der Waals surface area contributed by atoms with Gasteiger partial charge >= 0.3 is 0 Å². The normalized spacial score (nSPS) is 15.6. The third-order valence-electron chi connectivity index (χ3n) is 3.92. The van der Waals surface area contributed by atoms with Gasteiger partial charge in [-0.2, -0.15) is 9.64 Å². The average molecular weight is 333 g/mol. The topological polar surface area (TPSA) is 52.0 Å². The Labute approximate surface area is 139 Å². The van der Waals surface area contributed by atoms with E-state index in [0.29, 0.717) is 16.8 Å². The summed E-state index contributed by atoms with van der Waals surface area (Å²) in [5.74, 6) is 0. The Morgan fingerprint density at radius 3 is 2.86 bits per heavy atom. The number of anilines is 2. The molecule has 2 heterocycles. The van der Waals surface area contributed by atoms with Gasteiger partial charge < -0.3 is 10.2 Å². The van der Waals surface area contributed by atoms with Crippen molar-refractivity contribution in [1.29, 1.82) is 5.26 Å². The third-order valence-corrected chi connectivity index (χ3v) is 5.20. The van der Waals surface area contributed by atoms with Gasteiger partial charge in [0, 0.05) is 24.8 Å². The van der Waals surface area contributed by atoms with Crippen LogP contribution in [0.4, 0.5) is 10.7 Å². The number of rotatable bonds is 3. The minimum atomic E-state index is 0.322. The van der Waals surface area contributed by atoms with Gasteiger partial charge in [0.25, 0.3) is 0 Å². The molecular formula is C16H17ClN4S. The first-order valence-electron chi connectivity index (χ1n) is 7.31. The number of halogens is 1. The number of aryl methyl sites for hydroxylation is 1. The first kappa shape index (κ1) is 15.1. The van der Waals surface area contributed by atoms with Crippen LogP contribution in [0.15, 0.2) is 24.3 Å². The van der Waals surface area contributed by atoms with Gasteiger partial charge in [0.05, 0.1) is 0 Å². The lowest BCUT2D eigenvalue weighted by molar-refractivity contribution is 0.528. The van der Waals surface area contributed by atoms with Gasteiger partial charge in [-0.1, -0.05) is 23.7 Å². The molecule has 0 saturated carbocycles. The molecule has 1 N–H and O–H groups in total. The van der Waals surface area contributed by atoms with E-state index >= 15 is 0 Å². The summed E-state index contributed by atoms with van der Waals surface area (Å²) in [5.41, 5.74) is 2.95. The molecule has 0 radical (unpaired) electrons. The summed E-state index contributed by atoms with van der Waals surface area (Å²) in [6.45, 7) is 3.93. The van der Waals surface area contributed by atoms with E-state index in [9.17, 15) is 5.26 Å². The van der Waals surface area contributed by atoms with Crippen molar-refractivity contribution in [1.82, 2.24) is 4.37 Å². The van der Waals surface area contributed by atoms with Crippen LogP contribution in [0, 0.1) is 18.3 Å². The van der Waals surface area contributed by atoms with E-state index in [2.05, 4.69) is 51.8 Å². The molecule has 1 aliphatic rings. The first-order valence-corrected chi connectivity index (χ1v) is 8.46. The molecule has 1 fully saturated rings. The van der Waals surface area contributed by atoms with E-state index in [1.54, 1.807) is 0 Å². The highest BCUT2D eigenvalue weighted by molar-refractivity contribution is 7.10. The van der Waals surface area contributed by atoms with Crippen LogP contribution in [-0.4, -0.2) is 23.5 Å². The minimum absolute atomic E-state index is 0.322. The molecule has 3 rings (SSSR count). The lowest BCUT2D eigenvalue weighted by Crippen LogP contribution is -2.39. The Hall–Kier alpha value is -1.77. The van der Waals surface area contributed by atoms with Gasteiger partial charge in [-0.15, -0.1) is 0 Å². The molecule has 1 saturated heterocycles. The summed E-state index contributed by atoms with van der Waals surface area (Å²) < 4.78 is 4.09. The van der Waals surface area contributed by atoms with Crippen molar-refractivity contribution in [3.63, 3.8) is 0 Å². The number of hydrogen-bond donors (Lipinski definition) is 1. The number of nitrogens with zero attached hydrogens (tertiary/aromatic N) is 3. The predicted molar refractivity (Wildman–Crippen MR) is 91.9 cm³/mol. The molecule has 1 aliphatic heterocycles. The van der Waals surface area contributed by atoms with Crippen molar-refractivity contribution < 1.29 is 0 Å². The second-order valence-electron chi connectivity index (χ2n) is 5.54. The zero-order valence-corrected chi connectivity index (χ0v) is 13.9. The van der Waals surface area contributed by atoms with Crippen molar-refractivity contribution in [3.8, 4) is 6.07 Å². The molecule has 4 nitrogen and oxygen atoms in total. The van der Waals surface area contributed by atoms with Crippen LogP contribution in [0.1, 0.15) is 24.0 Å². The summed E-state index contributed by atoms with van der Waals surface area (Å²) in [4.78, 5) is 2.22. The van der Waals surface area contributed by atoms with E-state index < -0.39 is 0 Å². The number of nitrogens with one attached hydrogen (secondary N) is 1. The second-order valence-corrected chi connectivity index (χ2v) is 6.65. The SMILES string of the molecule is Cc1cccc(NC2CCN(c3snc(Cl)c3C#N)CC2)c1. The summed E-state index contributed by atoms with van der Waals surface area (Å²) in [6.07, 6.45) is 2.07. The predicted octanol–water partition coefficient (Wildman–Crippen LogP) is 4.06. The van der Waals surface area contributed by atoms with Crippen molar-refractivity contribution in [2.45, 2.75) is 25.8 Å². The standard InChI is InChI=1S/C16H17ClN4S/c1-11-3-2-4-13(9-11)19-12-5-7-21(8-6-12)16-14(10-18)15(17)20-22-16/h2-4,9,12,19H,5-8H2,1H3. The van der Waals surface area contributed by atoms with Crippen molar-refractivity contribution in [2.24, 2.45) is 0 Å². The van der Waals surface area contributed by atoms with Gasteiger partial charge in [0.2, 0.25) is 0 Å². The number of hydrogen-bond acceptors (Lipinski definition) is 5. The van der Waals surface area contributed by atoms with Crippen molar-refractivity contribution >= 4 is 33.8 Å². The van der Waals surface area contributed by atoms with Crippen LogP contribution >= 0.6 is 23.1 Å². The Balaban J connectivity index is 1.62. The number of piperidine rings is 1. The van der Waals surface area contributed by atoms with E-state index in [4.69, 9.17) is 11.6 Å². The Bertz CT molecular complexity index is 698. The van der Waals surface area contributed by atoms with Crippen LogP contribution in [0.2, 0.25) is 5.15 Å². The van der Waals surface area contributed by atoms with Gasteiger partial charge in [-0.25, -0.2) is 0 Å². The summed E-state index contributed by atoms with van der Waals surface area (Å²) in [6, 6.07) is 11.1. The molecule has 0 bridgehead atoms. The molecule has 1 aromatic heterocycles. The second kappa shape index (κ2) is 6.55. The number of nitriles is 1. The minimum Gasteiger partial charge on any atom is -0.382 e. The van der Waals surface area contributed by atoms with E-state index in [1.165, 1.54) is 22.8 Å². The molecule has 1 aromatic carbocycles. The largest absolute Gasteiger partial charge is 0.382 e. The van der Waals surface area contributed by atoms with Crippen LogP contribution in [-0.2, 0) is 0 Å². The van der Waals surface area contributed by atoms with Crippen molar-refractivity contribution in [2.75, 3.05) is 23.3 Å². The first-order chi connectivity index (χ1) is 10.7. The molecule has 2 aromatic rings. The average Bonchev–Trinajstić information content (AvgIpc) is 2.89. The molecule has 0 unspecified atom stereocenters. The van der Waals surface area contributed by atoms with E-state index in [1.807, 2.05) is 0 Å². The smallest absolute Gasteiger partial charge is 0.162 e. The maximum absolute atomic E-state index is 9.18. The third kappa shape index (κ3) is 3.18. The Morgan fingerprint density at radius 1 is 1.41 bits per heavy atom. The van der Waals surface area contributed by atoms with Gasteiger partial charge in [-0.3, -0.25) is 0 Å². The molecule has 6 heteroatoms. The monoisotopic (exact) mass is 332 g/mol. The molecule has 0 amide bonds. The van der Waals surface area contributed by atoms with Crippen LogP contribution in [0.5, 0.6) is 0 Å². The fourth-order valence-corrected chi connectivity index (χ4v) is 3.85. The highest BCUT2D eigenvalue weighted by atomic mass is 35.5. The van der Waals surface area contributed by atoms with Crippen LogP contribution in [0.25, 0.3) is 0 Å². The van der Waals surface area contributed by atoms with Gasteiger partial charge in [0.1, 0.15) is 16.6 Å². The van der Waals surface area contributed by atoms with Crippen LogP contribution < -0.4 is 10.2 Å².